The highest BCUT2D eigenvalue weighted by atomic mass is 35.5. The van der Waals surface area contributed by atoms with Crippen molar-refractivity contribution in [1.29, 1.82) is 0 Å². The molecular weight excluding hydrogens is 296 g/mol. The van der Waals surface area contributed by atoms with Crippen molar-refractivity contribution in [3.8, 4) is 0 Å². The monoisotopic (exact) mass is 324 g/mol. The molecule has 0 heterocycles. The van der Waals surface area contributed by atoms with E-state index in [4.69, 9.17) is 5.73 Å². The van der Waals surface area contributed by atoms with Crippen molar-refractivity contribution < 1.29 is 8.42 Å². The lowest BCUT2D eigenvalue weighted by Gasteiger charge is -2.29. The average molecular weight is 325 g/mol. The number of nitrogens with two attached hydrogens (primary N) is 1. The molecule has 0 bridgehead atoms. The Morgan fingerprint density at radius 1 is 1.05 bits per heavy atom. The van der Waals surface area contributed by atoms with E-state index in [9.17, 15) is 8.42 Å². The molecule has 120 valence electrons. The Morgan fingerprint density at radius 2 is 1.65 bits per heavy atom. The van der Waals surface area contributed by atoms with Crippen LogP contribution in [0.25, 0.3) is 0 Å². The second-order valence-electron chi connectivity index (χ2n) is 6.50. The fourth-order valence-corrected chi connectivity index (χ4v) is 4.33. The summed E-state index contributed by atoms with van der Waals surface area (Å²) in [6.45, 7) is 0.417. The van der Waals surface area contributed by atoms with E-state index in [0.29, 0.717) is 12.5 Å². The molecule has 0 amide bonds. The van der Waals surface area contributed by atoms with E-state index in [1.54, 1.807) is 0 Å². The summed E-state index contributed by atoms with van der Waals surface area (Å²) in [6, 6.07) is 0. The lowest BCUT2D eigenvalue weighted by Crippen LogP contribution is -2.50. The summed E-state index contributed by atoms with van der Waals surface area (Å²) < 4.78 is 26.7. The van der Waals surface area contributed by atoms with E-state index in [0.717, 1.165) is 32.1 Å². The molecule has 6 heteroatoms. The minimum atomic E-state index is -3.13. The SMILES string of the molecule is Cl.NC1(CNS(=O)(=O)CCC2CCC2)CCCCCC1. The summed E-state index contributed by atoms with van der Waals surface area (Å²) in [5.41, 5.74) is 6.01. The van der Waals surface area contributed by atoms with Gasteiger partial charge in [0, 0.05) is 12.1 Å². The van der Waals surface area contributed by atoms with Gasteiger partial charge in [-0.05, 0) is 25.2 Å². The number of hydrogen-bond donors (Lipinski definition) is 2. The molecular formula is C14H29ClN2O2S. The number of rotatable bonds is 6. The Labute approximate surface area is 129 Å². The van der Waals surface area contributed by atoms with E-state index in [-0.39, 0.29) is 23.7 Å². The minimum absolute atomic E-state index is 0. The molecule has 0 aromatic carbocycles. The Balaban J connectivity index is 0.00000200. The van der Waals surface area contributed by atoms with Gasteiger partial charge >= 0.3 is 0 Å². The molecule has 4 nitrogen and oxygen atoms in total. The fourth-order valence-electron chi connectivity index (χ4n) is 3.04. The summed E-state index contributed by atoms with van der Waals surface area (Å²) >= 11 is 0. The quantitative estimate of drug-likeness (QED) is 0.737. The summed E-state index contributed by atoms with van der Waals surface area (Å²) in [6.07, 6.45) is 11.1. The van der Waals surface area contributed by atoms with Crippen LogP contribution in [0.1, 0.15) is 64.2 Å². The zero-order chi connectivity index (χ0) is 13.8. The standard InChI is InChI=1S/C14H28N2O2S.ClH/c15-14(9-3-1-2-4-10-14)12-16-19(17,18)11-8-13-6-5-7-13;/h13,16H,1-12,15H2;1H. The summed E-state index contributed by atoms with van der Waals surface area (Å²) in [4.78, 5) is 0. The third-order valence-electron chi connectivity index (χ3n) is 4.76. The summed E-state index contributed by atoms with van der Waals surface area (Å²) in [7, 11) is -3.13. The largest absolute Gasteiger partial charge is 0.324 e. The smallest absolute Gasteiger partial charge is 0.211 e. The first kappa shape index (κ1) is 18.2. The number of hydrogen-bond acceptors (Lipinski definition) is 3. The molecule has 0 aromatic rings. The third-order valence-corrected chi connectivity index (χ3v) is 6.12. The van der Waals surface area contributed by atoms with Gasteiger partial charge in [-0.3, -0.25) is 0 Å². The van der Waals surface area contributed by atoms with Crippen LogP contribution in [-0.2, 0) is 10.0 Å². The van der Waals surface area contributed by atoms with E-state index < -0.39 is 10.0 Å². The van der Waals surface area contributed by atoms with Crippen molar-refractivity contribution in [3.63, 3.8) is 0 Å². The van der Waals surface area contributed by atoms with Crippen LogP contribution in [-0.4, -0.2) is 26.3 Å². The molecule has 0 spiro atoms. The first-order valence-corrected chi connectivity index (χ1v) is 9.41. The molecule has 0 unspecified atom stereocenters. The van der Waals surface area contributed by atoms with Crippen molar-refractivity contribution in [2.24, 2.45) is 11.7 Å². The van der Waals surface area contributed by atoms with Crippen LogP contribution in [0.2, 0.25) is 0 Å². The van der Waals surface area contributed by atoms with Gasteiger partial charge in [0.05, 0.1) is 5.75 Å². The Bertz CT molecular complexity index is 375. The van der Waals surface area contributed by atoms with Crippen LogP contribution in [0, 0.1) is 5.92 Å². The van der Waals surface area contributed by atoms with Gasteiger partial charge in [0.2, 0.25) is 10.0 Å². The highest BCUT2D eigenvalue weighted by molar-refractivity contribution is 7.89. The lowest BCUT2D eigenvalue weighted by atomic mass is 9.84. The Kier molecular flexibility index (Phi) is 7.25. The molecule has 2 saturated carbocycles. The highest BCUT2D eigenvalue weighted by Gasteiger charge is 2.28. The normalized spacial score (nSPS) is 23.4. The van der Waals surface area contributed by atoms with Crippen LogP contribution in [0.3, 0.4) is 0 Å². The van der Waals surface area contributed by atoms with Gasteiger partial charge in [0.1, 0.15) is 0 Å². The topological polar surface area (TPSA) is 72.2 Å². The second-order valence-corrected chi connectivity index (χ2v) is 8.43. The molecule has 0 aliphatic heterocycles. The maximum Gasteiger partial charge on any atom is 0.211 e. The third kappa shape index (κ3) is 5.88. The van der Waals surface area contributed by atoms with Gasteiger partial charge in [-0.25, -0.2) is 13.1 Å². The van der Waals surface area contributed by atoms with E-state index >= 15 is 0 Å². The molecule has 2 aliphatic rings. The summed E-state index contributed by atoms with van der Waals surface area (Å²) in [5, 5.41) is 0. The maximum absolute atomic E-state index is 12.0. The molecule has 0 atom stereocenters. The van der Waals surface area contributed by atoms with Crippen molar-refractivity contribution >= 4 is 22.4 Å². The second kappa shape index (κ2) is 7.97. The molecule has 2 fully saturated rings. The zero-order valence-electron chi connectivity index (χ0n) is 12.3. The predicted octanol–water partition coefficient (Wildman–Crippen LogP) is 2.57. The van der Waals surface area contributed by atoms with E-state index in [1.807, 2.05) is 0 Å². The number of halogens is 1. The van der Waals surface area contributed by atoms with E-state index in [2.05, 4.69) is 4.72 Å². The maximum atomic E-state index is 12.0. The van der Waals surface area contributed by atoms with Gasteiger partial charge in [0.15, 0.2) is 0 Å². The molecule has 3 N–H and O–H groups in total. The van der Waals surface area contributed by atoms with Crippen molar-refractivity contribution in [2.75, 3.05) is 12.3 Å². The number of sulfonamides is 1. The molecule has 0 saturated heterocycles. The summed E-state index contributed by atoms with van der Waals surface area (Å²) in [5.74, 6) is 0.912. The molecule has 2 aliphatic carbocycles. The van der Waals surface area contributed by atoms with Gasteiger partial charge in [-0.15, -0.1) is 12.4 Å². The Hall–Kier alpha value is 0.160. The van der Waals surface area contributed by atoms with Crippen molar-refractivity contribution in [1.82, 2.24) is 4.72 Å². The van der Waals surface area contributed by atoms with Gasteiger partial charge < -0.3 is 5.73 Å². The zero-order valence-corrected chi connectivity index (χ0v) is 13.9. The van der Waals surface area contributed by atoms with Crippen LogP contribution in [0.5, 0.6) is 0 Å². The number of nitrogens with one attached hydrogen (secondary N) is 1. The van der Waals surface area contributed by atoms with E-state index in [1.165, 1.54) is 32.1 Å². The van der Waals surface area contributed by atoms with Crippen LogP contribution >= 0.6 is 12.4 Å². The van der Waals surface area contributed by atoms with Crippen molar-refractivity contribution in [3.05, 3.63) is 0 Å². The average Bonchev–Trinajstić information content (AvgIpc) is 2.50. The molecule has 0 aromatic heterocycles. The van der Waals surface area contributed by atoms with Crippen LogP contribution < -0.4 is 10.5 Å². The fraction of sp³-hybridized carbons (Fsp3) is 1.00. The molecule has 0 radical (unpaired) electrons. The lowest BCUT2D eigenvalue weighted by molar-refractivity contribution is 0.306. The van der Waals surface area contributed by atoms with Gasteiger partial charge in [0.25, 0.3) is 0 Å². The predicted molar refractivity (Wildman–Crippen MR) is 85.6 cm³/mol. The van der Waals surface area contributed by atoms with Crippen molar-refractivity contribution in [2.45, 2.75) is 69.7 Å². The molecule has 20 heavy (non-hydrogen) atoms. The van der Waals surface area contributed by atoms with Gasteiger partial charge in [-0.1, -0.05) is 44.9 Å². The Morgan fingerprint density at radius 3 is 2.15 bits per heavy atom. The molecule has 2 rings (SSSR count). The first-order valence-electron chi connectivity index (χ1n) is 7.75. The first-order chi connectivity index (χ1) is 8.99. The highest BCUT2D eigenvalue weighted by Crippen LogP contribution is 2.29. The van der Waals surface area contributed by atoms with Crippen LogP contribution in [0.4, 0.5) is 0 Å². The minimum Gasteiger partial charge on any atom is -0.324 e. The van der Waals surface area contributed by atoms with Crippen LogP contribution in [0.15, 0.2) is 0 Å². The van der Waals surface area contributed by atoms with Gasteiger partial charge in [-0.2, -0.15) is 0 Å².